The molecule has 0 bridgehead atoms. The summed E-state index contributed by atoms with van der Waals surface area (Å²) >= 11 is 0. The van der Waals surface area contributed by atoms with Crippen LogP contribution in [0.1, 0.15) is 17.7 Å². The van der Waals surface area contributed by atoms with Crippen molar-refractivity contribution in [3.63, 3.8) is 0 Å². The van der Waals surface area contributed by atoms with Crippen molar-refractivity contribution in [3.8, 4) is 0 Å². The van der Waals surface area contributed by atoms with Crippen molar-refractivity contribution in [2.24, 2.45) is 5.92 Å². The number of amides is 3. The van der Waals surface area contributed by atoms with Gasteiger partial charge in [-0.1, -0.05) is 18.2 Å². The molecule has 8 nitrogen and oxygen atoms in total. The van der Waals surface area contributed by atoms with Gasteiger partial charge in [-0.05, 0) is 29.8 Å². The Morgan fingerprint density at radius 1 is 1.17 bits per heavy atom. The third-order valence-corrected chi connectivity index (χ3v) is 5.47. The first-order valence-corrected chi connectivity index (χ1v) is 10.1. The Morgan fingerprint density at radius 2 is 2.00 bits per heavy atom. The van der Waals surface area contributed by atoms with Crippen LogP contribution < -0.4 is 15.5 Å². The number of nitrogens with zero attached hydrogens (tertiary/aromatic N) is 3. The zero-order valence-electron chi connectivity index (χ0n) is 16.7. The average Bonchev–Trinajstić information content (AvgIpc) is 3.13. The first kappa shape index (κ1) is 19.9. The van der Waals surface area contributed by atoms with Crippen LogP contribution >= 0.6 is 0 Å². The minimum atomic E-state index is -0.340. The molecule has 3 amide bonds. The lowest BCUT2D eigenvalue weighted by Crippen LogP contribution is -2.47. The Kier molecular flexibility index (Phi) is 5.92. The second-order valence-corrected chi connectivity index (χ2v) is 7.65. The van der Waals surface area contributed by atoms with Crippen LogP contribution in [-0.2, 0) is 27.5 Å². The number of carbonyl (C=O) groups is 3. The summed E-state index contributed by atoms with van der Waals surface area (Å²) in [5.74, 6) is -0.437. The fourth-order valence-electron chi connectivity index (χ4n) is 3.80. The number of rotatable bonds is 6. The maximum Gasteiger partial charge on any atom is 0.239 e. The molecule has 1 atom stereocenters. The van der Waals surface area contributed by atoms with Crippen LogP contribution in [0.3, 0.4) is 0 Å². The van der Waals surface area contributed by atoms with Crippen molar-refractivity contribution in [2.75, 3.05) is 31.1 Å². The van der Waals surface area contributed by atoms with Crippen molar-refractivity contribution in [1.29, 1.82) is 0 Å². The summed E-state index contributed by atoms with van der Waals surface area (Å²) in [6, 6.07) is 13.4. The van der Waals surface area contributed by atoms with Crippen molar-refractivity contribution in [2.45, 2.75) is 19.5 Å². The maximum atomic E-state index is 12.6. The second kappa shape index (κ2) is 8.94. The highest BCUT2D eigenvalue weighted by atomic mass is 16.2. The Hall–Kier alpha value is -3.42. The molecule has 2 N–H and O–H groups in total. The van der Waals surface area contributed by atoms with E-state index in [2.05, 4.69) is 15.6 Å². The molecular formula is C22H25N5O3. The molecule has 156 valence electrons. The van der Waals surface area contributed by atoms with E-state index in [1.807, 2.05) is 47.4 Å². The summed E-state index contributed by atoms with van der Waals surface area (Å²) in [6.07, 6.45) is 1.93. The van der Waals surface area contributed by atoms with Crippen LogP contribution in [-0.4, -0.2) is 53.8 Å². The first-order valence-electron chi connectivity index (χ1n) is 10.1. The van der Waals surface area contributed by atoms with Gasteiger partial charge in [0, 0.05) is 44.5 Å². The molecule has 2 aliphatic rings. The average molecular weight is 407 g/mol. The fraction of sp³-hybridized carbons (Fsp3) is 0.364. The molecule has 3 heterocycles. The van der Waals surface area contributed by atoms with Gasteiger partial charge in [0.05, 0.1) is 24.7 Å². The standard InChI is InChI=1S/C22H25N5O3/c28-20-15-26(10-9-24-20)19-6-4-16(5-7-19)12-25-22(30)17-11-21(29)27(13-17)14-18-3-1-2-8-23-18/h1-8,17H,9-15H2,(H,24,28)(H,25,30). The van der Waals surface area contributed by atoms with E-state index in [-0.39, 0.29) is 30.1 Å². The van der Waals surface area contributed by atoms with Gasteiger partial charge < -0.3 is 20.4 Å². The van der Waals surface area contributed by atoms with Crippen LogP contribution in [0.2, 0.25) is 0 Å². The monoisotopic (exact) mass is 407 g/mol. The molecule has 2 fully saturated rings. The van der Waals surface area contributed by atoms with Crippen molar-refractivity contribution in [1.82, 2.24) is 20.5 Å². The van der Waals surface area contributed by atoms with E-state index in [9.17, 15) is 14.4 Å². The first-order chi connectivity index (χ1) is 14.6. The van der Waals surface area contributed by atoms with E-state index >= 15 is 0 Å². The molecule has 1 unspecified atom stereocenters. The molecule has 0 spiro atoms. The van der Waals surface area contributed by atoms with E-state index < -0.39 is 0 Å². The number of hydrogen-bond donors (Lipinski definition) is 2. The van der Waals surface area contributed by atoms with Crippen LogP contribution in [0.15, 0.2) is 48.7 Å². The van der Waals surface area contributed by atoms with Crippen molar-refractivity contribution in [3.05, 3.63) is 59.9 Å². The van der Waals surface area contributed by atoms with Crippen molar-refractivity contribution >= 4 is 23.4 Å². The van der Waals surface area contributed by atoms with Gasteiger partial charge in [-0.3, -0.25) is 19.4 Å². The van der Waals surface area contributed by atoms with Gasteiger partial charge in [-0.15, -0.1) is 0 Å². The normalized spacial score (nSPS) is 19.0. The molecule has 30 heavy (non-hydrogen) atoms. The zero-order chi connectivity index (χ0) is 20.9. The molecule has 0 radical (unpaired) electrons. The second-order valence-electron chi connectivity index (χ2n) is 7.65. The van der Waals surface area contributed by atoms with Gasteiger partial charge in [0.25, 0.3) is 0 Å². The van der Waals surface area contributed by atoms with E-state index in [1.54, 1.807) is 11.1 Å². The predicted molar refractivity (Wildman–Crippen MR) is 111 cm³/mol. The fourth-order valence-corrected chi connectivity index (χ4v) is 3.80. The van der Waals surface area contributed by atoms with Gasteiger partial charge in [-0.2, -0.15) is 0 Å². The number of carbonyl (C=O) groups excluding carboxylic acids is 3. The summed E-state index contributed by atoms with van der Waals surface area (Å²) < 4.78 is 0. The third kappa shape index (κ3) is 4.76. The van der Waals surface area contributed by atoms with E-state index in [1.165, 1.54) is 0 Å². The highest BCUT2D eigenvalue weighted by Crippen LogP contribution is 2.20. The van der Waals surface area contributed by atoms with Gasteiger partial charge >= 0.3 is 0 Å². The third-order valence-electron chi connectivity index (χ3n) is 5.47. The minimum Gasteiger partial charge on any atom is -0.360 e. The van der Waals surface area contributed by atoms with Gasteiger partial charge in [0.1, 0.15) is 0 Å². The number of nitrogens with one attached hydrogen (secondary N) is 2. The molecule has 8 heteroatoms. The summed E-state index contributed by atoms with van der Waals surface area (Å²) in [5.41, 5.74) is 2.79. The molecule has 1 aromatic heterocycles. The summed E-state index contributed by atoms with van der Waals surface area (Å²) in [7, 11) is 0. The Balaban J connectivity index is 1.27. The number of hydrogen-bond acceptors (Lipinski definition) is 5. The minimum absolute atomic E-state index is 0.0178. The Morgan fingerprint density at radius 3 is 2.73 bits per heavy atom. The molecule has 2 aliphatic heterocycles. The highest BCUT2D eigenvalue weighted by Gasteiger charge is 2.34. The Bertz CT molecular complexity index is 916. The summed E-state index contributed by atoms with van der Waals surface area (Å²) in [4.78, 5) is 44.3. The number of likely N-dealkylation sites (tertiary alicyclic amines) is 1. The molecule has 4 rings (SSSR count). The van der Waals surface area contributed by atoms with Crippen LogP contribution in [0.5, 0.6) is 0 Å². The number of aromatic nitrogens is 1. The van der Waals surface area contributed by atoms with Gasteiger partial charge in [0.15, 0.2) is 0 Å². The topological polar surface area (TPSA) is 94.6 Å². The summed E-state index contributed by atoms with van der Waals surface area (Å²) in [5, 5.41) is 5.75. The smallest absolute Gasteiger partial charge is 0.239 e. The van der Waals surface area contributed by atoms with Gasteiger partial charge in [0.2, 0.25) is 17.7 Å². The predicted octanol–water partition coefficient (Wildman–Crippen LogP) is 0.683. The summed E-state index contributed by atoms with van der Waals surface area (Å²) in [6.45, 7) is 3.04. The van der Waals surface area contributed by atoms with Crippen LogP contribution in [0.25, 0.3) is 0 Å². The quantitative estimate of drug-likeness (QED) is 0.735. The SMILES string of the molecule is O=C1CN(c2ccc(CNC(=O)C3CC(=O)N(Cc4ccccn4)C3)cc2)CCN1. The zero-order valence-corrected chi connectivity index (χ0v) is 16.7. The molecule has 2 saturated heterocycles. The highest BCUT2D eigenvalue weighted by molar-refractivity contribution is 5.89. The lowest BCUT2D eigenvalue weighted by atomic mass is 10.1. The molecule has 0 aliphatic carbocycles. The molecule has 0 saturated carbocycles. The van der Waals surface area contributed by atoms with Crippen LogP contribution in [0, 0.1) is 5.92 Å². The van der Waals surface area contributed by atoms with E-state index in [4.69, 9.17) is 0 Å². The number of anilines is 1. The number of pyridine rings is 1. The molecule has 2 aromatic rings. The van der Waals surface area contributed by atoms with E-state index in [0.29, 0.717) is 32.7 Å². The lowest BCUT2D eigenvalue weighted by Gasteiger charge is -2.28. The lowest BCUT2D eigenvalue weighted by molar-refractivity contribution is -0.129. The number of benzene rings is 1. The molecule has 1 aromatic carbocycles. The van der Waals surface area contributed by atoms with Gasteiger partial charge in [-0.25, -0.2) is 0 Å². The number of piperazine rings is 1. The molecular weight excluding hydrogens is 382 g/mol. The largest absolute Gasteiger partial charge is 0.360 e. The van der Waals surface area contributed by atoms with Crippen LogP contribution in [0.4, 0.5) is 5.69 Å². The van der Waals surface area contributed by atoms with E-state index in [0.717, 1.165) is 23.5 Å². The Labute approximate surface area is 175 Å². The van der Waals surface area contributed by atoms with Crippen molar-refractivity contribution < 1.29 is 14.4 Å². The maximum absolute atomic E-state index is 12.6.